The van der Waals surface area contributed by atoms with Crippen LogP contribution in [0, 0.1) is 0 Å². The Morgan fingerprint density at radius 2 is 2.00 bits per heavy atom. The second-order valence-corrected chi connectivity index (χ2v) is 5.21. The molecule has 1 fully saturated rings. The van der Waals surface area contributed by atoms with E-state index in [2.05, 4.69) is 11.9 Å². The van der Waals surface area contributed by atoms with Gasteiger partial charge in [-0.25, -0.2) is 0 Å². The second kappa shape index (κ2) is 6.94. The van der Waals surface area contributed by atoms with Gasteiger partial charge in [-0.1, -0.05) is 18.6 Å². The molecule has 19 heavy (non-hydrogen) atoms. The van der Waals surface area contributed by atoms with Gasteiger partial charge in [-0.3, -0.25) is 0 Å². The van der Waals surface area contributed by atoms with Crippen molar-refractivity contribution in [2.45, 2.75) is 31.7 Å². The van der Waals surface area contributed by atoms with Crippen LogP contribution in [0.3, 0.4) is 0 Å². The summed E-state index contributed by atoms with van der Waals surface area (Å²) in [5, 5.41) is 18.0. The first-order valence-electron chi connectivity index (χ1n) is 6.96. The third-order valence-corrected chi connectivity index (χ3v) is 3.82. The minimum absolute atomic E-state index is 0.486. The lowest BCUT2D eigenvalue weighted by atomic mass is 9.80. The molecule has 5 heteroatoms. The van der Waals surface area contributed by atoms with Crippen molar-refractivity contribution in [3.05, 3.63) is 24.3 Å². The van der Waals surface area contributed by atoms with Crippen LogP contribution in [-0.4, -0.2) is 48.3 Å². The summed E-state index contributed by atoms with van der Waals surface area (Å²) in [5.41, 5.74) is 0.486. The lowest BCUT2D eigenvalue weighted by Gasteiger charge is -2.32. The summed E-state index contributed by atoms with van der Waals surface area (Å²) in [6, 6.07) is 7.53. The van der Waals surface area contributed by atoms with Gasteiger partial charge in [0.25, 0.3) is 0 Å². The topological polar surface area (TPSA) is 52.9 Å². The summed E-state index contributed by atoms with van der Waals surface area (Å²) in [7, 11) is 0.770. The monoisotopic (exact) mass is 263 g/mol. The summed E-state index contributed by atoms with van der Waals surface area (Å²) in [6.45, 7) is 1.89. The van der Waals surface area contributed by atoms with Crippen molar-refractivity contribution >= 4 is 12.6 Å². The summed E-state index contributed by atoms with van der Waals surface area (Å²) in [5.74, 6) is 0.780. The van der Waals surface area contributed by atoms with Gasteiger partial charge in [0.15, 0.2) is 0 Å². The number of hydrogen-bond donors (Lipinski definition) is 2. The van der Waals surface area contributed by atoms with Gasteiger partial charge in [0.1, 0.15) is 5.75 Å². The van der Waals surface area contributed by atoms with E-state index >= 15 is 0 Å². The quantitative estimate of drug-likeness (QED) is 0.765. The van der Waals surface area contributed by atoms with Gasteiger partial charge < -0.3 is 19.7 Å². The van der Waals surface area contributed by atoms with Crippen LogP contribution in [0.25, 0.3) is 0 Å². The number of piperidine rings is 1. The molecule has 0 bridgehead atoms. The van der Waals surface area contributed by atoms with Crippen LogP contribution in [0.5, 0.6) is 5.75 Å². The molecule has 1 aliphatic rings. The van der Waals surface area contributed by atoms with Crippen molar-refractivity contribution in [3.8, 4) is 5.75 Å². The van der Waals surface area contributed by atoms with Crippen LogP contribution in [0.15, 0.2) is 24.3 Å². The summed E-state index contributed by atoms with van der Waals surface area (Å²) in [4.78, 5) is 2.41. The van der Waals surface area contributed by atoms with Crippen molar-refractivity contribution < 1.29 is 14.8 Å². The molecule has 1 unspecified atom stereocenters. The van der Waals surface area contributed by atoms with Crippen molar-refractivity contribution in [1.82, 2.24) is 4.90 Å². The molecule has 1 atom stereocenters. The summed E-state index contributed by atoms with van der Waals surface area (Å²) >= 11 is 0. The first kappa shape index (κ1) is 14.4. The maximum Gasteiger partial charge on any atom is 0.488 e. The molecule has 0 aromatic heterocycles. The van der Waals surface area contributed by atoms with E-state index in [9.17, 15) is 0 Å². The third-order valence-electron chi connectivity index (χ3n) is 3.82. The Hall–Kier alpha value is -1.04. The summed E-state index contributed by atoms with van der Waals surface area (Å²) in [6.07, 6.45) is 4.92. The van der Waals surface area contributed by atoms with E-state index in [0.29, 0.717) is 18.1 Å². The zero-order chi connectivity index (χ0) is 13.7. The minimum atomic E-state index is -1.41. The third kappa shape index (κ3) is 4.23. The lowest BCUT2D eigenvalue weighted by molar-refractivity contribution is 0.153. The minimum Gasteiger partial charge on any atom is -0.494 e. The van der Waals surface area contributed by atoms with E-state index < -0.39 is 7.12 Å². The maximum atomic E-state index is 9.00. The van der Waals surface area contributed by atoms with E-state index in [-0.39, 0.29) is 0 Å². The summed E-state index contributed by atoms with van der Waals surface area (Å²) < 4.78 is 5.70. The molecule has 0 radical (unpaired) electrons. The van der Waals surface area contributed by atoms with E-state index in [1.165, 1.54) is 25.8 Å². The molecule has 0 aliphatic carbocycles. The number of ether oxygens (including phenoxy) is 1. The van der Waals surface area contributed by atoms with Crippen LogP contribution in [0.2, 0.25) is 0 Å². The Balaban J connectivity index is 1.75. The van der Waals surface area contributed by atoms with Crippen LogP contribution >= 0.6 is 0 Å². The van der Waals surface area contributed by atoms with Crippen LogP contribution in [0.1, 0.15) is 25.7 Å². The average molecular weight is 263 g/mol. The molecule has 2 N–H and O–H groups in total. The van der Waals surface area contributed by atoms with Crippen molar-refractivity contribution in [2.75, 3.05) is 20.2 Å². The predicted octanol–water partition coefficient (Wildman–Crippen LogP) is 0.620. The molecular weight excluding hydrogens is 241 g/mol. The predicted molar refractivity (Wildman–Crippen MR) is 76.6 cm³/mol. The van der Waals surface area contributed by atoms with Crippen LogP contribution in [0.4, 0.5) is 0 Å². The highest BCUT2D eigenvalue weighted by atomic mass is 16.5. The van der Waals surface area contributed by atoms with E-state index in [0.717, 1.165) is 12.2 Å². The highest BCUT2D eigenvalue weighted by Crippen LogP contribution is 2.18. The van der Waals surface area contributed by atoms with E-state index in [1.807, 2.05) is 0 Å². The molecular formula is C14H22BNO3. The first-order valence-corrected chi connectivity index (χ1v) is 6.96. The van der Waals surface area contributed by atoms with Crippen LogP contribution in [-0.2, 0) is 0 Å². The number of benzene rings is 1. The van der Waals surface area contributed by atoms with Crippen molar-refractivity contribution in [1.29, 1.82) is 0 Å². The normalized spacial score (nSPS) is 20.3. The molecule has 0 amide bonds. The Morgan fingerprint density at radius 3 is 2.63 bits per heavy atom. The Morgan fingerprint density at radius 1 is 1.26 bits per heavy atom. The molecule has 1 heterocycles. The molecule has 0 spiro atoms. The molecule has 104 valence electrons. The number of rotatable bonds is 5. The smallest absolute Gasteiger partial charge is 0.488 e. The second-order valence-electron chi connectivity index (χ2n) is 5.21. The van der Waals surface area contributed by atoms with Gasteiger partial charge in [-0.15, -0.1) is 0 Å². The largest absolute Gasteiger partial charge is 0.494 e. The highest BCUT2D eigenvalue weighted by Gasteiger charge is 2.18. The van der Waals surface area contributed by atoms with Gasteiger partial charge in [0.05, 0.1) is 6.61 Å². The number of hydrogen-bond acceptors (Lipinski definition) is 4. The van der Waals surface area contributed by atoms with Crippen molar-refractivity contribution in [2.24, 2.45) is 0 Å². The Kier molecular flexibility index (Phi) is 5.25. The van der Waals surface area contributed by atoms with Gasteiger partial charge in [0.2, 0.25) is 0 Å². The fourth-order valence-electron chi connectivity index (χ4n) is 2.56. The fourth-order valence-corrected chi connectivity index (χ4v) is 2.56. The van der Waals surface area contributed by atoms with Crippen LogP contribution < -0.4 is 10.2 Å². The fraction of sp³-hybridized carbons (Fsp3) is 0.571. The molecule has 1 aromatic carbocycles. The van der Waals surface area contributed by atoms with Gasteiger partial charge >= 0.3 is 7.12 Å². The van der Waals surface area contributed by atoms with Crippen molar-refractivity contribution in [3.63, 3.8) is 0 Å². The van der Waals surface area contributed by atoms with Gasteiger partial charge in [-0.2, -0.15) is 0 Å². The molecule has 2 rings (SSSR count). The van der Waals surface area contributed by atoms with E-state index in [4.69, 9.17) is 14.8 Å². The Bertz CT molecular complexity index is 383. The van der Waals surface area contributed by atoms with Gasteiger partial charge in [0, 0.05) is 6.04 Å². The molecule has 0 saturated carbocycles. The number of nitrogens with zero attached hydrogens (tertiary/aromatic N) is 1. The van der Waals surface area contributed by atoms with Gasteiger partial charge in [-0.05, 0) is 50.5 Å². The highest BCUT2D eigenvalue weighted by molar-refractivity contribution is 6.58. The maximum absolute atomic E-state index is 9.00. The lowest BCUT2D eigenvalue weighted by Crippen LogP contribution is -2.37. The molecule has 1 aliphatic heterocycles. The average Bonchev–Trinajstić information content (AvgIpc) is 2.41. The zero-order valence-corrected chi connectivity index (χ0v) is 11.5. The SMILES string of the molecule is CN1CCCCC1CCOc1ccc(B(O)O)cc1. The molecule has 1 aromatic rings. The zero-order valence-electron chi connectivity index (χ0n) is 11.5. The number of likely N-dealkylation sites (tertiary alicyclic amines) is 1. The van der Waals surface area contributed by atoms with E-state index in [1.54, 1.807) is 24.3 Å². The Labute approximate surface area is 115 Å². The molecule has 1 saturated heterocycles. The first-order chi connectivity index (χ1) is 9.16. The molecule has 4 nitrogen and oxygen atoms in total. The standard InChI is InChI=1S/C14H22BNO3/c1-16-10-3-2-4-13(16)9-11-19-14-7-5-12(6-8-14)15(17)18/h5-8,13,17-18H,2-4,9-11H2,1H3.